The van der Waals surface area contributed by atoms with Gasteiger partial charge in [-0.2, -0.15) is 4.99 Å². The molecule has 1 saturated heterocycles. The summed E-state index contributed by atoms with van der Waals surface area (Å²) >= 11 is 1.12. The lowest BCUT2D eigenvalue weighted by Gasteiger charge is -2.24. The van der Waals surface area contributed by atoms with E-state index in [1.54, 1.807) is 0 Å². The number of rotatable bonds is 7. The summed E-state index contributed by atoms with van der Waals surface area (Å²) in [6, 6.07) is 13.9. The number of alkyl halides is 3. The van der Waals surface area contributed by atoms with Crippen LogP contribution in [0.4, 0.5) is 39.4 Å². The fourth-order valence-electron chi connectivity index (χ4n) is 4.48. The summed E-state index contributed by atoms with van der Waals surface area (Å²) in [5.74, 6) is -1.06. The summed E-state index contributed by atoms with van der Waals surface area (Å²) in [4.78, 5) is 37.4. The van der Waals surface area contributed by atoms with Crippen molar-refractivity contribution in [1.82, 2.24) is 14.8 Å². The fraction of sp³-hybridized carbons (Fsp3) is 0.233. The Morgan fingerprint density at radius 2 is 1.82 bits per heavy atom. The second-order valence-corrected chi connectivity index (χ2v) is 11.3. The Morgan fingerprint density at radius 3 is 2.47 bits per heavy atom. The molecule has 0 aliphatic carbocycles. The lowest BCUT2D eigenvalue weighted by Crippen LogP contribution is -2.31. The van der Waals surface area contributed by atoms with Gasteiger partial charge in [0.25, 0.3) is 0 Å². The summed E-state index contributed by atoms with van der Waals surface area (Å²) in [6.07, 6.45) is -3.49. The number of halogens is 4. The first-order valence-electron chi connectivity index (χ1n) is 13.5. The van der Waals surface area contributed by atoms with Crippen LogP contribution in [-0.4, -0.2) is 58.1 Å². The number of urea groups is 1. The first-order chi connectivity index (χ1) is 21.3. The molecule has 3 aromatic carbocycles. The van der Waals surface area contributed by atoms with Gasteiger partial charge < -0.3 is 15.0 Å². The largest absolute Gasteiger partial charge is 0.573 e. The van der Waals surface area contributed by atoms with Crippen molar-refractivity contribution in [2.24, 2.45) is 4.99 Å². The highest BCUT2D eigenvalue weighted by molar-refractivity contribution is 8.15. The Labute approximate surface area is 259 Å². The van der Waals surface area contributed by atoms with E-state index in [4.69, 9.17) is 0 Å². The molecule has 234 valence electrons. The quantitative estimate of drug-likeness (QED) is 0.221. The van der Waals surface area contributed by atoms with Crippen LogP contribution in [0, 0.1) is 5.82 Å². The van der Waals surface area contributed by atoms with E-state index in [0.29, 0.717) is 11.4 Å². The number of amidine groups is 1. The van der Waals surface area contributed by atoms with E-state index >= 15 is 4.39 Å². The number of thioether (sulfide) groups is 1. The molecule has 0 saturated carbocycles. The summed E-state index contributed by atoms with van der Waals surface area (Å²) < 4.78 is 57.5. The molecule has 0 spiro atoms. The Morgan fingerprint density at radius 1 is 1.09 bits per heavy atom. The van der Waals surface area contributed by atoms with E-state index in [1.807, 2.05) is 51.0 Å². The summed E-state index contributed by atoms with van der Waals surface area (Å²) in [7, 11) is 3.77. The van der Waals surface area contributed by atoms with Gasteiger partial charge in [0.1, 0.15) is 17.9 Å². The Kier molecular flexibility index (Phi) is 8.82. The number of hydrogen-bond acceptors (Lipinski definition) is 7. The minimum atomic E-state index is -4.81. The summed E-state index contributed by atoms with van der Waals surface area (Å²) in [5.41, 5.74) is 2.96. The highest BCUT2D eigenvalue weighted by Crippen LogP contribution is 2.36. The zero-order valence-electron chi connectivity index (χ0n) is 24.5. The molecule has 10 nitrogen and oxygen atoms in total. The second-order valence-electron chi connectivity index (χ2n) is 10.4. The van der Waals surface area contributed by atoms with Crippen molar-refractivity contribution in [2.45, 2.75) is 26.1 Å². The predicted octanol–water partition coefficient (Wildman–Crippen LogP) is 6.83. The van der Waals surface area contributed by atoms with Gasteiger partial charge in [0.2, 0.25) is 5.91 Å². The van der Waals surface area contributed by atoms with Crippen LogP contribution in [0.1, 0.15) is 25.3 Å². The van der Waals surface area contributed by atoms with Crippen molar-refractivity contribution >= 4 is 45.9 Å². The molecule has 0 atom stereocenters. The average molecular weight is 642 g/mol. The predicted molar refractivity (Wildman–Crippen MR) is 165 cm³/mol. The number of aromatic nitrogens is 3. The number of aliphatic imine (C=N–C) groups is 1. The van der Waals surface area contributed by atoms with Crippen LogP contribution in [0.15, 0.2) is 72.0 Å². The monoisotopic (exact) mass is 641 g/mol. The molecule has 2 heterocycles. The molecule has 15 heteroatoms. The number of carbonyl (C=O) groups excluding carboxylic acids is 2. The van der Waals surface area contributed by atoms with E-state index in [-0.39, 0.29) is 45.6 Å². The fourth-order valence-corrected chi connectivity index (χ4v) is 5.34. The molecule has 3 amide bonds. The van der Waals surface area contributed by atoms with E-state index < -0.39 is 18.2 Å². The van der Waals surface area contributed by atoms with Crippen molar-refractivity contribution in [1.29, 1.82) is 0 Å². The molecule has 1 fully saturated rings. The number of benzene rings is 3. The van der Waals surface area contributed by atoms with Gasteiger partial charge in [0, 0.05) is 25.3 Å². The number of ether oxygens (including phenoxy) is 1. The number of nitrogens with one attached hydrogen (secondary N) is 1. The molecular weight excluding hydrogens is 614 g/mol. The highest BCUT2D eigenvalue weighted by atomic mass is 32.2. The topological polar surface area (TPSA) is 105 Å². The van der Waals surface area contributed by atoms with Gasteiger partial charge in [-0.05, 0) is 66.1 Å². The van der Waals surface area contributed by atoms with Gasteiger partial charge in [0.15, 0.2) is 11.0 Å². The van der Waals surface area contributed by atoms with E-state index in [2.05, 4.69) is 25.1 Å². The first kappa shape index (κ1) is 31.5. The molecule has 0 radical (unpaired) electrons. The SMILES string of the molecule is CC(C)c1ccc(N(C)C)cc1N1C(=O)CSC1=NC(=O)Nc1ccc(-c2ncn(-c3ccc(OC(F)(F)F)cc3)n2)cc1F. The van der Waals surface area contributed by atoms with Gasteiger partial charge in [-0.3, -0.25) is 9.69 Å². The summed E-state index contributed by atoms with van der Waals surface area (Å²) in [5, 5.41) is 6.86. The lowest BCUT2D eigenvalue weighted by molar-refractivity contribution is -0.274. The maximum absolute atomic E-state index is 15.1. The minimum Gasteiger partial charge on any atom is -0.406 e. The van der Waals surface area contributed by atoms with Crippen molar-refractivity contribution in [3.63, 3.8) is 0 Å². The normalized spacial score (nSPS) is 14.4. The molecule has 45 heavy (non-hydrogen) atoms. The molecule has 1 N–H and O–H groups in total. The molecule has 1 aliphatic heterocycles. The Hall–Kier alpha value is -4.92. The number of nitrogens with zero attached hydrogens (tertiary/aromatic N) is 6. The van der Waals surface area contributed by atoms with Gasteiger partial charge in [-0.25, -0.2) is 18.9 Å². The van der Waals surface area contributed by atoms with Crippen LogP contribution in [-0.2, 0) is 4.79 Å². The van der Waals surface area contributed by atoms with Crippen LogP contribution in [0.2, 0.25) is 0 Å². The Balaban J connectivity index is 1.32. The van der Waals surface area contributed by atoms with Crippen LogP contribution in [0.5, 0.6) is 5.75 Å². The van der Waals surface area contributed by atoms with E-state index in [9.17, 15) is 22.8 Å². The van der Waals surface area contributed by atoms with Crippen molar-refractivity contribution in [3.05, 3.63) is 78.4 Å². The summed E-state index contributed by atoms with van der Waals surface area (Å²) in [6.45, 7) is 4.01. The minimum absolute atomic E-state index is 0.0941. The van der Waals surface area contributed by atoms with Crippen LogP contribution in [0.25, 0.3) is 17.1 Å². The maximum atomic E-state index is 15.1. The molecule has 5 rings (SSSR count). The molecule has 1 aromatic heterocycles. The van der Waals surface area contributed by atoms with Crippen LogP contribution in [0.3, 0.4) is 0 Å². The second kappa shape index (κ2) is 12.6. The van der Waals surface area contributed by atoms with Gasteiger partial charge >= 0.3 is 12.4 Å². The van der Waals surface area contributed by atoms with Crippen molar-refractivity contribution < 1.29 is 31.9 Å². The third-order valence-electron chi connectivity index (χ3n) is 6.65. The van der Waals surface area contributed by atoms with Crippen molar-refractivity contribution in [2.75, 3.05) is 35.0 Å². The molecule has 0 bridgehead atoms. The zero-order chi connectivity index (χ0) is 32.5. The highest BCUT2D eigenvalue weighted by Gasteiger charge is 2.33. The van der Waals surface area contributed by atoms with Gasteiger partial charge in [-0.15, -0.1) is 18.3 Å². The smallest absolute Gasteiger partial charge is 0.406 e. The molecular formula is C30H27F4N7O3S. The third-order valence-corrected chi connectivity index (χ3v) is 7.57. The van der Waals surface area contributed by atoms with Gasteiger partial charge in [-0.1, -0.05) is 31.7 Å². The van der Waals surface area contributed by atoms with E-state index in [0.717, 1.165) is 41.2 Å². The van der Waals surface area contributed by atoms with Crippen LogP contribution >= 0.6 is 11.8 Å². The molecule has 4 aromatic rings. The van der Waals surface area contributed by atoms with E-state index in [1.165, 1.54) is 40.2 Å². The standard InChI is InChI=1S/C30H27F4N7O3S/c1-17(2)22-11-8-20(39(3)4)14-25(22)41-26(42)15-45-29(41)37-28(43)36-24-12-5-18(13-23(24)31)27-35-16-40(38-27)19-6-9-21(10-7-19)44-30(32,33)34/h5-14,16-17H,15H2,1-4H3,(H,36,43). The number of carbonyl (C=O) groups is 2. The van der Waals surface area contributed by atoms with Crippen LogP contribution < -0.4 is 19.9 Å². The average Bonchev–Trinajstić information content (AvgIpc) is 3.60. The van der Waals surface area contributed by atoms with Crippen molar-refractivity contribution in [3.8, 4) is 22.8 Å². The molecule has 0 unspecified atom stereocenters. The number of anilines is 3. The van der Waals surface area contributed by atoms with Gasteiger partial charge in [0.05, 0.1) is 22.8 Å². The third kappa shape index (κ3) is 7.25. The maximum Gasteiger partial charge on any atom is 0.573 e. The number of amides is 3. The lowest BCUT2D eigenvalue weighted by atomic mass is 9.99. The zero-order valence-corrected chi connectivity index (χ0v) is 25.3. The Bertz CT molecular complexity index is 1770. The number of hydrogen-bond donors (Lipinski definition) is 1. The molecule has 1 aliphatic rings. The first-order valence-corrected chi connectivity index (χ1v) is 14.5.